The Kier molecular flexibility index (Phi) is 6.82. The van der Waals surface area contributed by atoms with Crippen LogP contribution in [-0.4, -0.2) is 22.6 Å². The average Bonchev–Trinajstić information content (AvgIpc) is 3.08. The third kappa shape index (κ3) is 5.54. The number of carbonyl (C=O) groups is 1. The predicted octanol–water partition coefficient (Wildman–Crippen LogP) is 5.36. The van der Waals surface area contributed by atoms with E-state index in [9.17, 15) is 9.90 Å². The Bertz CT molecular complexity index is 1320. The van der Waals surface area contributed by atoms with Crippen molar-refractivity contribution in [3.8, 4) is 0 Å². The zero-order chi connectivity index (χ0) is 24.1. The molecule has 2 N–H and O–H groups in total. The lowest BCUT2D eigenvalue weighted by Gasteiger charge is -2.17. The Morgan fingerprint density at radius 2 is 2.15 bits per heavy atom. The van der Waals surface area contributed by atoms with Crippen molar-refractivity contribution in [1.29, 1.82) is 0 Å². The molecule has 174 valence electrons. The Morgan fingerprint density at radius 3 is 2.97 bits per heavy atom. The summed E-state index contributed by atoms with van der Waals surface area (Å²) >= 11 is 0. The molecule has 0 fully saturated rings. The third-order valence-corrected chi connectivity index (χ3v) is 5.43. The summed E-state index contributed by atoms with van der Waals surface area (Å²) in [6.45, 7) is 5.27. The van der Waals surface area contributed by atoms with Crippen molar-refractivity contribution >= 4 is 22.6 Å². The fourth-order valence-electron chi connectivity index (χ4n) is 3.65. The van der Waals surface area contributed by atoms with Crippen LogP contribution in [0, 0.1) is 0 Å². The average molecular weight is 457 g/mol. The minimum Gasteiger partial charge on any atom is -0.476 e. The Hall–Kier alpha value is -3.86. The molecule has 2 aliphatic carbocycles. The minimum atomic E-state index is -1.05. The van der Waals surface area contributed by atoms with Gasteiger partial charge >= 0.3 is 0 Å². The van der Waals surface area contributed by atoms with Crippen molar-refractivity contribution in [2.75, 3.05) is 6.61 Å². The van der Waals surface area contributed by atoms with Crippen LogP contribution in [0.15, 0.2) is 94.0 Å². The summed E-state index contributed by atoms with van der Waals surface area (Å²) in [5.41, 5.74) is 6.40. The van der Waals surface area contributed by atoms with Crippen molar-refractivity contribution < 1.29 is 19.1 Å². The number of oxazole rings is 1. The maximum atomic E-state index is 12.5. The van der Waals surface area contributed by atoms with E-state index in [4.69, 9.17) is 9.15 Å². The van der Waals surface area contributed by atoms with Gasteiger partial charge in [-0.2, -0.15) is 0 Å². The predicted molar refractivity (Wildman–Crippen MR) is 132 cm³/mol. The number of aromatic nitrogens is 1. The summed E-state index contributed by atoms with van der Waals surface area (Å²) in [6.07, 6.45) is 16.7. The quantitative estimate of drug-likeness (QED) is 0.572. The van der Waals surface area contributed by atoms with E-state index in [1.165, 1.54) is 0 Å². The van der Waals surface area contributed by atoms with Crippen LogP contribution in [0.4, 0.5) is 0 Å². The number of fused-ring (bicyclic) bond motifs is 1. The molecule has 1 heterocycles. The lowest BCUT2D eigenvalue weighted by Crippen LogP contribution is -2.26. The van der Waals surface area contributed by atoms with Crippen LogP contribution in [-0.2, 0) is 15.1 Å². The first-order valence-corrected chi connectivity index (χ1v) is 11.2. The highest BCUT2D eigenvalue weighted by molar-refractivity contribution is 5.82. The van der Waals surface area contributed by atoms with E-state index in [0.29, 0.717) is 34.7 Å². The summed E-state index contributed by atoms with van der Waals surface area (Å²) in [5, 5.41) is 13.3. The van der Waals surface area contributed by atoms with Crippen LogP contribution >= 0.6 is 0 Å². The molecule has 0 atom stereocenters. The van der Waals surface area contributed by atoms with E-state index in [1.807, 2.05) is 67.7 Å². The van der Waals surface area contributed by atoms with Gasteiger partial charge in [-0.3, -0.25) is 4.79 Å². The van der Waals surface area contributed by atoms with Gasteiger partial charge in [-0.1, -0.05) is 48.2 Å². The molecule has 2 aliphatic rings. The normalized spacial score (nSPS) is 18.6. The number of amides is 1. The molecule has 2 aromatic rings. The molecule has 0 spiro atoms. The summed E-state index contributed by atoms with van der Waals surface area (Å²) in [4.78, 5) is 17.1. The lowest BCUT2D eigenvalue weighted by atomic mass is 9.98. The van der Waals surface area contributed by atoms with Crippen molar-refractivity contribution in [1.82, 2.24) is 10.3 Å². The largest absolute Gasteiger partial charge is 0.476 e. The van der Waals surface area contributed by atoms with Crippen LogP contribution < -0.4 is 5.32 Å². The van der Waals surface area contributed by atoms with E-state index in [0.717, 1.165) is 23.3 Å². The van der Waals surface area contributed by atoms with Crippen LogP contribution in [0.2, 0.25) is 0 Å². The summed E-state index contributed by atoms with van der Waals surface area (Å²) in [5.74, 6) is 0.778. The first-order valence-electron chi connectivity index (χ1n) is 11.2. The molecule has 0 radical (unpaired) electrons. The Balaban J connectivity index is 1.46. The molecule has 1 amide bonds. The van der Waals surface area contributed by atoms with Crippen molar-refractivity contribution in [3.63, 3.8) is 0 Å². The van der Waals surface area contributed by atoms with Gasteiger partial charge < -0.3 is 19.6 Å². The molecular formula is C28H28N2O4. The zero-order valence-corrected chi connectivity index (χ0v) is 19.6. The monoisotopic (exact) mass is 456 g/mol. The lowest BCUT2D eigenvalue weighted by molar-refractivity contribution is -0.123. The van der Waals surface area contributed by atoms with Crippen molar-refractivity contribution in [3.05, 3.63) is 101 Å². The Morgan fingerprint density at radius 1 is 1.29 bits per heavy atom. The summed E-state index contributed by atoms with van der Waals surface area (Å²) < 4.78 is 11.7. The number of rotatable bonds is 6. The van der Waals surface area contributed by atoms with Crippen molar-refractivity contribution in [2.24, 2.45) is 0 Å². The van der Waals surface area contributed by atoms with Gasteiger partial charge in [-0.15, -0.1) is 0 Å². The van der Waals surface area contributed by atoms with E-state index in [-0.39, 0.29) is 12.5 Å². The molecule has 0 aliphatic heterocycles. The number of ether oxygens (including phenoxy) is 1. The second-order valence-corrected chi connectivity index (χ2v) is 8.68. The number of nitrogens with zero attached hydrogens (tertiary/aromatic N) is 1. The highest BCUT2D eigenvalue weighted by Gasteiger charge is 2.22. The molecule has 6 nitrogen and oxygen atoms in total. The SMILES string of the molecule is C/C1=C/C/C=C\C=C=C1OCC(=O)NC1=CC=C(c2nc3cccc(C(C)(C)O)c3o2)C=CC1. The van der Waals surface area contributed by atoms with Gasteiger partial charge in [0.25, 0.3) is 5.91 Å². The Labute approximate surface area is 199 Å². The number of para-hydroxylation sites is 1. The number of aliphatic hydroxyl groups is 1. The van der Waals surface area contributed by atoms with Gasteiger partial charge in [0.15, 0.2) is 17.9 Å². The second kappa shape index (κ2) is 9.96. The van der Waals surface area contributed by atoms with Crippen LogP contribution in [0.1, 0.15) is 45.1 Å². The standard InChI is InChI=1S/C28H28N2O4/c1-19-10-6-4-5-7-15-24(19)33-18-25(31)29-21-12-8-11-20(16-17-21)27-30-23-14-9-13-22(26(23)34-27)28(2,3)32/h4-5,7-11,13-14,16-17,32H,6,12,18H2,1-3H3,(H,29,31)/b5-4-,19-10-. The molecule has 4 rings (SSSR count). The van der Waals surface area contributed by atoms with Crippen LogP contribution in [0.5, 0.6) is 0 Å². The first kappa shape index (κ1) is 23.3. The number of allylic oxidation sites excluding steroid dienone is 9. The molecule has 1 aromatic carbocycles. The van der Waals surface area contributed by atoms with Crippen LogP contribution in [0.25, 0.3) is 16.7 Å². The van der Waals surface area contributed by atoms with Gasteiger partial charge in [0.1, 0.15) is 5.52 Å². The molecule has 0 unspecified atom stereocenters. The molecule has 34 heavy (non-hydrogen) atoms. The molecule has 6 heteroatoms. The van der Waals surface area contributed by atoms with E-state index >= 15 is 0 Å². The fourth-order valence-corrected chi connectivity index (χ4v) is 3.65. The molecule has 0 saturated heterocycles. The van der Waals surface area contributed by atoms with Crippen molar-refractivity contribution in [2.45, 2.75) is 39.2 Å². The number of hydrogen-bond acceptors (Lipinski definition) is 5. The summed E-state index contributed by atoms with van der Waals surface area (Å²) in [6, 6.07) is 5.54. The third-order valence-electron chi connectivity index (χ3n) is 5.43. The molecule has 0 saturated carbocycles. The first-order chi connectivity index (χ1) is 16.3. The fraction of sp³-hybridized carbons (Fsp3) is 0.250. The number of carbonyl (C=O) groups excluding carboxylic acids is 1. The molecule has 0 bridgehead atoms. The highest BCUT2D eigenvalue weighted by atomic mass is 16.5. The number of nitrogens with one attached hydrogen (secondary N) is 1. The van der Waals surface area contributed by atoms with E-state index < -0.39 is 5.60 Å². The van der Waals surface area contributed by atoms with Gasteiger partial charge in [0.05, 0.1) is 5.60 Å². The maximum absolute atomic E-state index is 12.5. The topological polar surface area (TPSA) is 84.6 Å². The minimum absolute atomic E-state index is 0.104. The zero-order valence-electron chi connectivity index (χ0n) is 19.6. The van der Waals surface area contributed by atoms with E-state index in [2.05, 4.69) is 16.0 Å². The number of hydrogen-bond donors (Lipinski definition) is 2. The highest BCUT2D eigenvalue weighted by Crippen LogP contribution is 2.31. The van der Waals surface area contributed by atoms with Gasteiger partial charge in [-0.25, -0.2) is 4.98 Å². The molecule has 1 aromatic heterocycles. The van der Waals surface area contributed by atoms with Crippen LogP contribution in [0.3, 0.4) is 0 Å². The summed E-state index contributed by atoms with van der Waals surface area (Å²) in [7, 11) is 0. The van der Waals surface area contributed by atoms with Gasteiger partial charge in [-0.05, 0) is 57.1 Å². The van der Waals surface area contributed by atoms with E-state index in [1.54, 1.807) is 19.9 Å². The molecular weight excluding hydrogens is 428 g/mol. The number of benzene rings is 1. The van der Waals surface area contributed by atoms with Gasteiger partial charge in [0, 0.05) is 23.3 Å². The second-order valence-electron chi connectivity index (χ2n) is 8.68. The smallest absolute Gasteiger partial charge is 0.262 e. The van der Waals surface area contributed by atoms with Gasteiger partial charge in [0.2, 0.25) is 5.89 Å². The maximum Gasteiger partial charge on any atom is 0.262 e.